The summed E-state index contributed by atoms with van der Waals surface area (Å²) in [6.45, 7) is 2.37. The fourth-order valence-electron chi connectivity index (χ4n) is 3.40. The summed E-state index contributed by atoms with van der Waals surface area (Å²) in [5.74, 6) is -0.390. The highest BCUT2D eigenvalue weighted by atomic mass is 32.2. The van der Waals surface area contributed by atoms with Gasteiger partial charge in [-0.3, -0.25) is 4.90 Å². The molecule has 1 aliphatic heterocycles. The highest BCUT2D eigenvalue weighted by Crippen LogP contribution is 2.33. The van der Waals surface area contributed by atoms with Crippen molar-refractivity contribution in [3.05, 3.63) is 53.1 Å². The molecule has 6 nitrogen and oxygen atoms in total. The maximum atomic E-state index is 13.7. The molecule has 1 heterocycles. The van der Waals surface area contributed by atoms with Crippen LogP contribution in [-0.4, -0.2) is 47.2 Å². The summed E-state index contributed by atoms with van der Waals surface area (Å²) in [5, 5.41) is 0. The molecule has 3 rings (SSSR count). The molecule has 0 unspecified atom stereocenters. The Morgan fingerprint density at radius 3 is 2.45 bits per heavy atom. The summed E-state index contributed by atoms with van der Waals surface area (Å²) >= 11 is 0. The zero-order valence-electron chi connectivity index (χ0n) is 16.4. The number of halogens is 2. The molecule has 0 aromatic heterocycles. The Morgan fingerprint density at radius 2 is 1.76 bits per heavy atom. The number of nitrogens with zero attached hydrogens (tertiary/aromatic N) is 1. The van der Waals surface area contributed by atoms with Gasteiger partial charge in [0.1, 0.15) is 16.5 Å². The number of sulfonamides is 1. The molecule has 0 saturated carbocycles. The zero-order chi connectivity index (χ0) is 21.0. The van der Waals surface area contributed by atoms with Gasteiger partial charge in [-0.2, -0.15) is 0 Å². The summed E-state index contributed by atoms with van der Waals surface area (Å²) in [6, 6.07) is 6.33. The van der Waals surface area contributed by atoms with Crippen LogP contribution in [-0.2, 0) is 23.0 Å². The maximum Gasteiger partial charge on any atom is 0.243 e. The van der Waals surface area contributed by atoms with E-state index >= 15 is 0 Å². The van der Waals surface area contributed by atoms with Crippen LogP contribution < -0.4 is 14.2 Å². The Balaban J connectivity index is 1.55. The average Bonchev–Trinajstić information content (AvgIpc) is 2.71. The van der Waals surface area contributed by atoms with Crippen LogP contribution >= 0.6 is 0 Å². The minimum Gasteiger partial charge on any atom is -0.493 e. The van der Waals surface area contributed by atoms with Gasteiger partial charge in [0, 0.05) is 19.6 Å². The van der Waals surface area contributed by atoms with Gasteiger partial charge in [-0.25, -0.2) is 21.9 Å². The van der Waals surface area contributed by atoms with Crippen LogP contribution in [0.2, 0.25) is 0 Å². The van der Waals surface area contributed by atoms with Crippen molar-refractivity contribution < 1.29 is 26.7 Å². The van der Waals surface area contributed by atoms with Crippen LogP contribution in [0.1, 0.15) is 17.5 Å². The molecule has 0 radical (unpaired) electrons. The number of methoxy groups -OCH3 is 2. The van der Waals surface area contributed by atoms with Crippen molar-refractivity contribution in [2.75, 3.05) is 33.9 Å². The van der Waals surface area contributed by atoms with Gasteiger partial charge in [-0.05, 0) is 60.8 Å². The summed E-state index contributed by atoms with van der Waals surface area (Å²) in [7, 11) is -0.893. The van der Waals surface area contributed by atoms with E-state index < -0.39 is 26.6 Å². The lowest BCUT2D eigenvalue weighted by atomic mass is 9.98. The van der Waals surface area contributed by atoms with Crippen LogP contribution in [0, 0.1) is 11.6 Å². The SMILES string of the molecule is COc1cc2c(cc1OC)CN(CCCNS(=O)(=O)c1cc(F)ccc1F)CC2. The lowest BCUT2D eigenvalue weighted by Crippen LogP contribution is -2.34. The fraction of sp³-hybridized carbons (Fsp3) is 0.400. The second-order valence-corrected chi connectivity index (χ2v) is 8.56. The van der Waals surface area contributed by atoms with Gasteiger partial charge >= 0.3 is 0 Å². The topological polar surface area (TPSA) is 67.9 Å². The summed E-state index contributed by atoms with van der Waals surface area (Å²) in [5.41, 5.74) is 2.36. The molecule has 1 aliphatic rings. The lowest BCUT2D eigenvalue weighted by Gasteiger charge is -2.29. The van der Waals surface area contributed by atoms with E-state index in [1.807, 2.05) is 12.1 Å². The third-order valence-corrected chi connectivity index (χ3v) is 6.40. The fourth-order valence-corrected chi connectivity index (χ4v) is 4.56. The molecule has 1 N–H and O–H groups in total. The highest BCUT2D eigenvalue weighted by Gasteiger charge is 2.21. The number of benzene rings is 2. The molecule has 29 heavy (non-hydrogen) atoms. The monoisotopic (exact) mass is 426 g/mol. The standard InChI is InChI=1S/C20H24F2N2O4S/c1-27-18-10-14-6-9-24(13-15(14)11-19(18)28-2)8-3-7-23-29(25,26)20-12-16(21)4-5-17(20)22/h4-5,10-12,23H,3,6-9,13H2,1-2H3. The van der Waals surface area contributed by atoms with Crippen molar-refractivity contribution in [2.24, 2.45) is 0 Å². The number of hydrogen-bond donors (Lipinski definition) is 1. The molecule has 2 aromatic carbocycles. The highest BCUT2D eigenvalue weighted by molar-refractivity contribution is 7.89. The lowest BCUT2D eigenvalue weighted by molar-refractivity contribution is 0.250. The largest absolute Gasteiger partial charge is 0.493 e. The van der Waals surface area contributed by atoms with E-state index in [4.69, 9.17) is 9.47 Å². The van der Waals surface area contributed by atoms with Gasteiger partial charge in [0.15, 0.2) is 11.5 Å². The van der Waals surface area contributed by atoms with Crippen molar-refractivity contribution in [1.29, 1.82) is 0 Å². The minimum absolute atomic E-state index is 0.133. The van der Waals surface area contributed by atoms with Gasteiger partial charge in [-0.1, -0.05) is 0 Å². The zero-order valence-corrected chi connectivity index (χ0v) is 17.2. The predicted octanol–water partition coefficient (Wildman–Crippen LogP) is 2.71. The Morgan fingerprint density at radius 1 is 1.07 bits per heavy atom. The normalized spacial score (nSPS) is 14.5. The molecule has 0 saturated heterocycles. The van der Waals surface area contributed by atoms with Crippen LogP contribution in [0.3, 0.4) is 0 Å². The molecule has 158 valence electrons. The molecule has 0 amide bonds. The van der Waals surface area contributed by atoms with Gasteiger partial charge in [-0.15, -0.1) is 0 Å². The van der Waals surface area contributed by atoms with E-state index in [9.17, 15) is 17.2 Å². The molecule has 0 atom stereocenters. The average molecular weight is 426 g/mol. The van der Waals surface area contributed by atoms with Gasteiger partial charge in [0.25, 0.3) is 0 Å². The minimum atomic E-state index is -4.10. The van der Waals surface area contributed by atoms with E-state index in [0.717, 1.165) is 37.2 Å². The quantitative estimate of drug-likeness (QED) is 0.658. The Labute approximate surface area is 169 Å². The second kappa shape index (κ2) is 9.06. The van der Waals surface area contributed by atoms with Crippen LogP contribution in [0.15, 0.2) is 35.2 Å². The smallest absolute Gasteiger partial charge is 0.243 e. The van der Waals surface area contributed by atoms with Crippen molar-refractivity contribution in [1.82, 2.24) is 9.62 Å². The van der Waals surface area contributed by atoms with Gasteiger partial charge in [0.05, 0.1) is 14.2 Å². The summed E-state index contributed by atoms with van der Waals surface area (Å²) in [4.78, 5) is 1.54. The number of nitrogens with one attached hydrogen (secondary N) is 1. The first-order chi connectivity index (χ1) is 13.8. The van der Waals surface area contributed by atoms with Crippen molar-refractivity contribution in [2.45, 2.75) is 24.3 Å². The molecule has 0 aliphatic carbocycles. The van der Waals surface area contributed by atoms with E-state index in [1.54, 1.807) is 14.2 Å². The molecule has 9 heteroatoms. The van der Waals surface area contributed by atoms with Crippen molar-refractivity contribution in [3.8, 4) is 11.5 Å². The number of rotatable bonds is 8. The summed E-state index contributed by atoms with van der Waals surface area (Å²) in [6.07, 6.45) is 1.40. The van der Waals surface area contributed by atoms with Crippen LogP contribution in [0.25, 0.3) is 0 Å². The third-order valence-electron chi connectivity index (χ3n) is 4.92. The third kappa shape index (κ3) is 5.04. The Hall–Kier alpha value is -2.23. The van der Waals surface area contributed by atoms with E-state index in [-0.39, 0.29) is 6.54 Å². The number of hydrogen-bond acceptors (Lipinski definition) is 5. The van der Waals surface area contributed by atoms with Crippen molar-refractivity contribution >= 4 is 10.0 Å². The van der Waals surface area contributed by atoms with Crippen LogP contribution in [0.4, 0.5) is 8.78 Å². The van der Waals surface area contributed by atoms with Gasteiger partial charge in [0.2, 0.25) is 10.0 Å². The number of fused-ring (bicyclic) bond motifs is 1. The van der Waals surface area contributed by atoms with Gasteiger partial charge < -0.3 is 9.47 Å². The van der Waals surface area contributed by atoms with Crippen molar-refractivity contribution in [3.63, 3.8) is 0 Å². The maximum absolute atomic E-state index is 13.7. The molecule has 0 spiro atoms. The molecule has 0 bridgehead atoms. The molecule has 2 aromatic rings. The molecular formula is C20H24F2N2O4S. The first kappa shape index (κ1) is 21.5. The first-order valence-corrected chi connectivity index (χ1v) is 10.7. The van der Waals surface area contributed by atoms with E-state index in [0.29, 0.717) is 30.5 Å². The molecule has 0 fully saturated rings. The van der Waals surface area contributed by atoms with E-state index in [1.165, 1.54) is 5.56 Å². The summed E-state index contributed by atoms with van der Waals surface area (Å²) < 4.78 is 64.4. The molecular weight excluding hydrogens is 402 g/mol. The van der Waals surface area contributed by atoms with E-state index in [2.05, 4.69) is 9.62 Å². The number of ether oxygens (including phenoxy) is 2. The Bertz CT molecular complexity index is 983. The second-order valence-electron chi connectivity index (χ2n) is 6.83. The first-order valence-electron chi connectivity index (χ1n) is 9.25. The predicted molar refractivity (Wildman–Crippen MR) is 105 cm³/mol. The Kier molecular flexibility index (Phi) is 6.71. The van der Waals surface area contributed by atoms with Crippen LogP contribution in [0.5, 0.6) is 11.5 Å².